The molecule has 37 heavy (non-hydrogen) atoms. The molecule has 0 spiro atoms. The molecule has 2 saturated heterocycles. The Morgan fingerprint density at radius 2 is 1.19 bits per heavy atom. The highest BCUT2D eigenvalue weighted by Crippen LogP contribution is 2.28. The number of hydrogen-bond donors (Lipinski definition) is 4. The smallest absolute Gasteiger partial charge is 0.229 e. The van der Waals surface area contributed by atoms with Crippen molar-refractivity contribution in [2.45, 2.75) is 58.5 Å². The second-order valence-electron chi connectivity index (χ2n) is 10.3. The first-order chi connectivity index (χ1) is 18.0. The van der Waals surface area contributed by atoms with Crippen LogP contribution < -0.4 is 10.6 Å². The fraction of sp³-hybridized carbons (Fsp3) is 0.448. The fourth-order valence-electron chi connectivity index (χ4n) is 5.26. The van der Waals surface area contributed by atoms with E-state index in [1.54, 1.807) is 12.1 Å². The Morgan fingerprint density at radius 3 is 1.73 bits per heavy atom. The zero-order chi connectivity index (χ0) is 25.6. The second-order valence-corrected chi connectivity index (χ2v) is 10.3. The van der Waals surface area contributed by atoms with E-state index in [9.17, 15) is 10.2 Å². The first-order valence-electron chi connectivity index (χ1n) is 13.5. The van der Waals surface area contributed by atoms with Gasteiger partial charge in [-0.05, 0) is 95.2 Å². The van der Waals surface area contributed by atoms with E-state index in [1.165, 1.54) is 38.5 Å². The minimum Gasteiger partial charge on any atom is -0.508 e. The summed E-state index contributed by atoms with van der Waals surface area (Å²) < 4.78 is 0. The Morgan fingerprint density at radius 1 is 0.676 bits per heavy atom. The number of phenolic OH excluding ortho intramolecular Hbond substituents is 2. The van der Waals surface area contributed by atoms with Crippen LogP contribution >= 0.6 is 0 Å². The van der Waals surface area contributed by atoms with Crippen molar-refractivity contribution in [2.75, 3.05) is 36.8 Å². The van der Waals surface area contributed by atoms with Gasteiger partial charge in [0.1, 0.15) is 17.3 Å². The van der Waals surface area contributed by atoms with Gasteiger partial charge in [-0.1, -0.05) is 12.8 Å². The molecule has 8 heteroatoms. The molecule has 3 aromatic rings. The van der Waals surface area contributed by atoms with Gasteiger partial charge in [-0.25, -0.2) is 4.98 Å². The summed E-state index contributed by atoms with van der Waals surface area (Å²) in [6.07, 6.45) is 7.44. The van der Waals surface area contributed by atoms with E-state index < -0.39 is 0 Å². The highest BCUT2D eigenvalue weighted by atomic mass is 16.3. The van der Waals surface area contributed by atoms with E-state index >= 15 is 0 Å². The fourth-order valence-corrected chi connectivity index (χ4v) is 5.26. The lowest BCUT2D eigenvalue weighted by molar-refractivity contribution is 0.218. The molecule has 5 rings (SSSR count). The molecule has 0 unspecified atom stereocenters. The lowest BCUT2D eigenvalue weighted by atomic mass is 10.1. The van der Waals surface area contributed by atoms with Gasteiger partial charge in [0.25, 0.3) is 0 Å². The van der Waals surface area contributed by atoms with Crippen LogP contribution in [0.2, 0.25) is 0 Å². The summed E-state index contributed by atoms with van der Waals surface area (Å²) in [5, 5.41) is 27.5. The second kappa shape index (κ2) is 11.8. The number of aromatic hydroxyl groups is 2. The van der Waals surface area contributed by atoms with Gasteiger partial charge in [0.2, 0.25) is 5.95 Å². The van der Waals surface area contributed by atoms with Crippen LogP contribution in [0.4, 0.5) is 23.1 Å². The molecular formula is C29H38N6O2. The Bertz CT molecular complexity index is 1120. The van der Waals surface area contributed by atoms with Crippen molar-refractivity contribution in [3.63, 3.8) is 0 Å². The van der Waals surface area contributed by atoms with Crippen LogP contribution in [0, 0.1) is 6.92 Å². The first kappa shape index (κ1) is 25.3. The van der Waals surface area contributed by atoms with Crippen molar-refractivity contribution in [1.82, 2.24) is 19.8 Å². The van der Waals surface area contributed by atoms with Gasteiger partial charge in [-0.3, -0.25) is 9.80 Å². The molecule has 0 bridgehead atoms. The summed E-state index contributed by atoms with van der Waals surface area (Å²) in [6, 6.07) is 13.1. The molecule has 0 saturated carbocycles. The maximum atomic E-state index is 10.4. The summed E-state index contributed by atoms with van der Waals surface area (Å²) in [6.45, 7) is 7.73. The summed E-state index contributed by atoms with van der Waals surface area (Å²) >= 11 is 0. The van der Waals surface area contributed by atoms with Gasteiger partial charge in [0, 0.05) is 47.4 Å². The minimum absolute atomic E-state index is 0.316. The lowest BCUT2D eigenvalue weighted by Gasteiger charge is -2.27. The van der Waals surface area contributed by atoms with E-state index in [4.69, 9.17) is 0 Å². The van der Waals surface area contributed by atoms with Crippen LogP contribution in [0.3, 0.4) is 0 Å². The van der Waals surface area contributed by atoms with Crippen LogP contribution in [0.15, 0.2) is 42.5 Å². The van der Waals surface area contributed by atoms with Crippen LogP contribution in [0.1, 0.15) is 55.3 Å². The van der Waals surface area contributed by atoms with E-state index in [0.717, 1.165) is 67.5 Å². The Balaban J connectivity index is 1.29. The predicted molar refractivity (Wildman–Crippen MR) is 148 cm³/mol. The number of phenols is 2. The topological polar surface area (TPSA) is 96.8 Å². The molecule has 2 aliphatic rings. The van der Waals surface area contributed by atoms with Gasteiger partial charge < -0.3 is 20.8 Å². The number of piperidine rings is 2. The van der Waals surface area contributed by atoms with Crippen LogP contribution in [0.25, 0.3) is 0 Å². The highest BCUT2D eigenvalue weighted by Gasteiger charge is 2.15. The third kappa shape index (κ3) is 6.90. The number of aryl methyl sites for hydroxylation is 1. The van der Waals surface area contributed by atoms with Gasteiger partial charge in [-0.15, -0.1) is 0 Å². The molecule has 1 aromatic heterocycles. The zero-order valence-corrected chi connectivity index (χ0v) is 21.7. The maximum Gasteiger partial charge on any atom is 0.229 e. The third-order valence-corrected chi connectivity index (χ3v) is 7.23. The van der Waals surface area contributed by atoms with Crippen molar-refractivity contribution < 1.29 is 10.2 Å². The quantitative estimate of drug-likeness (QED) is 0.293. The number of nitrogens with zero attached hydrogens (tertiary/aromatic N) is 4. The van der Waals surface area contributed by atoms with E-state index in [0.29, 0.717) is 23.3 Å². The van der Waals surface area contributed by atoms with E-state index in [-0.39, 0.29) is 0 Å². The summed E-state index contributed by atoms with van der Waals surface area (Å²) in [5.74, 6) is 1.81. The number of benzene rings is 2. The van der Waals surface area contributed by atoms with E-state index in [2.05, 4.69) is 30.4 Å². The molecule has 0 aliphatic carbocycles. The molecule has 3 heterocycles. The van der Waals surface area contributed by atoms with Gasteiger partial charge in [-0.2, -0.15) is 4.98 Å². The monoisotopic (exact) mass is 502 g/mol. The minimum atomic E-state index is 0.316. The van der Waals surface area contributed by atoms with Crippen molar-refractivity contribution >= 4 is 23.1 Å². The predicted octanol–water partition coefficient (Wildman–Crippen LogP) is 5.66. The number of anilines is 4. The van der Waals surface area contributed by atoms with Crippen molar-refractivity contribution in [2.24, 2.45) is 0 Å². The van der Waals surface area contributed by atoms with Crippen molar-refractivity contribution in [1.29, 1.82) is 0 Å². The lowest BCUT2D eigenvalue weighted by Crippen LogP contribution is -2.29. The van der Waals surface area contributed by atoms with Gasteiger partial charge in [0.05, 0.1) is 0 Å². The Kier molecular flexibility index (Phi) is 8.06. The SMILES string of the molecule is Cc1cc(Nc2ccc(O)c(CN3CCCCC3)c2)nc(Nc2ccc(O)c(CN3CCCCC3)c2)n1. The molecule has 8 nitrogen and oxygen atoms in total. The molecule has 2 aromatic carbocycles. The molecule has 196 valence electrons. The molecule has 2 fully saturated rings. The normalized spacial score (nSPS) is 17.0. The summed E-state index contributed by atoms with van der Waals surface area (Å²) in [5.41, 5.74) is 4.38. The maximum absolute atomic E-state index is 10.4. The highest BCUT2D eigenvalue weighted by molar-refractivity contribution is 5.62. The number of nitrogens with one attached hydrogen (secondary N) is 2. The van der Waals surface area contributed by atoms with Gasteiger partial charge >= 0.3 is 0 Å². The van der Waals surface area contributed by atoms with Crippen LogP contribution in [0.5, 0.6) is 11.5 Å². The third-order valence-electron chi connectivity index (χ3n) is 7.23. The Labute approximate surface area is 219 Å². The van der Waals surface area contributed by atoms with Crippen LogP contribution in [-0.2, 0) is 13.1 Å². The van der Waals surface area contributed by atoms with Crippen molar-refractivity contribution in [3.05, 3.63) is 59.3 Å². The molecule has 0 amide bonds. The number of aromatic nitrogens is 2. The summed E-state index contributed by atoms with van der Waals surface area (Å²) in [7, 11) is 0. The van der Waals surface area contributed by atoms with Crippen LogP contribution in [-0.4, -0.2) is 56.2 Å². The summed E-state index contributed by atoms with van der Waals surface area (Å²) in [4.78, 5) is 14.0. The standard InChI is InChI=1S/C29H38N6O2/c1-21-16-28(31-24-8-10-26(36)22(17-24)19-34-12-4-2-5-13-34)33-29(30-21)32-25-9-11-27(37)23(18-25)20-35-14-6-3-7-15-35/h8-11,16-18,36-37H,2-7,12-15,19-20H2,1H3,(H2,30,31,32,33). The number of hydrogen-bond acceptors (Lipinski definition) is 8. The molecule has 0 radical (unpaired) electrons. The zero-order valence-electron chi connectivity index (χ0n) is 21.7. The number of likely N-dealkylation sites (tertiary alicyclic amines) is 2. The first-order valence-corrected chi connectivity index (χ1v) is 13.5. The average Bonchev–Trinajstić information content (AvgIpc) is 2.89. The molecular weight excluding hydrogens is 464 g/mol. The largest absolute Gasteiger partial charge is 0.508 e. The molecule has 0 atom stereocenters. The molecule has 2 aliphatic heterocycles. The number of rotatable bonds is 8. The average molecular weight is 503 g/mol. The van der Waals surface area contributed by atoms with Crippen molar-refractivity contribution in [3.8, 4) is 11.5 Å². The van der Waals surface area contributed by atoms with Gasteiger partial charge in [0.15, 0.2) is 0 Å². The molecule has 4 N–H and O–H groups in total. The van der Waals surface area contributed by atoms with E-state index in [1.807, 2.05) is 37.3 Å². The Hall–Kier alpha value is -3.36.